The molecule has 2 aromatic carbocycles. The first kappa shape index (κ1) is 16.1. The molecule has 0 unspecified atom stereocenters. The number of imidazole rings is 1. The first-order valence-corrected chi connectivity index (χ1v) is 9.09. The minimum Gasteiger partial charge on any atom is -0.324 e. The largest absolute Gasteiger partial charge is 0.324 e. The van der Waals surface area contributed by atoms with Crippen LogP contribution in [0.5, 0.6) is 0 Å². The van der Waals surface area contributed by atoms with Crippen LogP contribution in [0.1, 0.15) is 18.2 Å². The van der Waals surface area contributed by atoms with Crippen LogP contribution in [0.3, 0.4) is 0 Å². The summed E-state index contributed by atoms with van der Waals surface area (Å²) in [5, 5.41) is 0. The van der Waals surface area contributed by atoms with E-state index in [1.54, 1.807) is 0 Å². The van der Waals surface area contributed by atoms with E-state index in [4.69, 9.17) is 4.98 Å². The maximum Gasteiger partial charge on any atom is 0.227 e. The Kier molecular flexibility index (Phi) is 4.17. The summed E-state index contributed by atoms with van der Waals surface area (Å²) in [4.78, 5) is 19.3. The summed E-state index contributed by atoms with van der Waals surface area (Å²) >= 11 is 3.55. The average Bonchev–Trinajstić information content (AvgIpc) is 3.17. The van der Waals surface area contributed by atoms with Crippen molar-refractivity contribution in [3.8, 4) is 0 Å². The number of rotatable bonds is 4. The molecule has 3 aromatic rings. The predicted molar refractivity (Wildman–Crippen MR) is 104 cm³/mol. The lowest BCUT2D eigenvalue weighted by molar-refractivity contribution is -0.117. The lowest BCUT2D eigenvalue weighted by Crippen LogP contribution is -2.24. The molecule has 2 heterocycles. The molecule has 1 aliphatic rings. The van der Waals surface area contributed by atoms with E-state index in [1.165, 1.54) is 0 Å². The number of carbonyl (C=O) groups excluding carboxylic acids is 1. The number of benzene rings is 2. The van der Waals surface area contributed by atoms with E-state index < -0.39 is 0 Å². The Labute approximate surface area is 154 Å². The van der Waals surface area contributed by atoms with Crippen molar-refractivity contribution in [1.29, 1.82) is 0 Å². The fourth-order valence-corrected chi connectivity index (χ4v) is 4.01. The van der Waals surface area contributed by atoms with Crippen LogP contribution in [0, 0.1) is 0 Å². The first-order valence-electron chi connectivity index (χ1n) is 8.30. The molecule has 0 aliphatic carbocycles. The minimum absolute atomic E-state index is 0.0759. The van der Waals surface area contributed by atoms with Gasteiger partial charge in [-0.1, -0.05) is 30.3 Å². The Bertz CT molecular complexity index is 962. The van der Waals surface area contributed by atoms with E-state index in [-0.39, 0.29) is 11.8 Å². The molecule has 0 bridgehead atoms. The van der Waals surface area contributed by atoms with E-state index in [2.05, 4.69) is 33.1 Å². The Morgan fingerprint density at radius 3 is 2.76 bits per heavy atom. The standard InChI is InChI=1S/C20H18BrN3O/c1-2-11-23-18-10-6-4-8-16(18)22-20(23)14-12-19(25)24(13-14)17-9-5-3-7-15(17)21/h2-10,14H,1,11-13H2/t14-/m0/s1. The number of hydrogen-bond donors (Lipinski definition) is 0. The van der Waals surface area contributed by atoms with Crippen molar-refractivity contribution in [2.75, 3.05) is 11.4 Å². The maximum absolute atomic E-state index is 12.6. The van der Waals surface area contributed by atoms with Gasteiger partial charge < -0.3 is 9.47 Å². The summed E-state index contributed by atoms with van der Waals surface area (Å²) < 4.78 is 3.10. The number of halogens is 1. The predicted octanol–water partition coefficient (Wildman–Crippen LogP) is 4.51. The molecule has 1 amide bonds. The molecule has 0 N–H and O–H groups in total. The molecule has 1 fully saturated rings. The second-order valence-corrected chi connectivity index (χ2v) is 7.07. The van der Waals surface area contributed by atoms with E-state index in [0.717, 1.165) is 27.0 Å². The summed E-state index contributed by atoms with van der Waals surface area (Å²) in [6, 6.07) is 15.9. The van der Waals surface area contributed by atoms with Gasteiger partial charge >= 0.3 is 0 Å². The molecule has 1 atom stereocenters. The van der Waals surface area contributed by atoms with Gasteiger partial charge in [0.05, 0.1) is 16.7 Å². The van der Waals surface area contributed by atoms with E-state index in [9.17, 15) is 4.79 Å². The number of allylic oxidation sites excluding steroid dienone is 1. The number of carbonyl (C=O) groups is 1. The highest BCUT2D eigenvalue weighted by Gasteiger charge is 2.35. The van der Waals surface area contributed by atoms with E-state index in [0.29, 0.717) is 19.5 Å². The number of para-hydroxylation sites is 3. The zero-order chi connectivity index (χ0) is 17.4. The van der Waals surface area contributed by atoms with Crippen LogP contribution in [-0.2, 0) is 11.3 Å². The number of anilines is 1. The normalized spacial score (nSPS) is 17.4. The number of aromatic nitrogens is 2. The Morgan fingerprint density at radius 1 is 1.20 bits per heavy atom. The van der Waals surface area contributed by atoms with Crippen molar-refractivity contribution in [3.63, 3.8) is 0 Å². The van der Waals surface area contributed by atoms with Crippen molar-refractivity contribution < 1.29 is 4.79 Å². The molecule has 0 radical (unpaired) electrons. The quantitative estimate of drug-likeness (QED) is 0.609. The molecule has 1 saturated heterocycles. The number of amides is 1. The maximum atomic E-state index is 12.6. The molecular formula is C20H18BrN3O. The van der Waals surface area contributed by atoms with Gasteiger partial charge in [-0.25, -0.2) is 4.98 Å². The topological polar surface area (TPSA) is 38.1 Å². The molecule has 4 nitrogen and oxygen atoms in total. The average molecular weight is 396 g/mol. The summed E-state index contributed by atoms with van der Waals surface area (Å²) in [7, 11) is 0. The first-order chi connectivity index (χ1) is 12.2. The minimum atomic E-state index is 0.0759. The highest BCUT2D eigenvalue weighted by Crippen LogP contribution is 2.36. The van der Waals surface area contributed by atoms with E-state index in [1.807, 2.05) is 53.4 Å². The van der Waals surface area contributed by atoms with Crippen LogP contribution in [0.15, 0.2) is 65.7 Å². The second kappa shape index (κ2) is 6.48. The lowest BCUT2D eigenvalue weighted by atomic mass is 10.1. The molecule has 126 valence electrons. The molecule has 0 spiro atoms. The van der Waals surface area contributed by atoms with Gasteiger partial charge in [-0.3, -0.25) is 4.79 Å². The molecule has 1 aromatic heterocycles. The third kappa shape index (κ3) is 2.78. The molecule has 4 rings (SSSR count). The van der Waals surface area contributed by atoms with Crippen LogP contribution < -0.4 is 4.90 Å². The highest BCUT2D eigenvalue weighted by atomic mass is 79.9. The number of hydrogen-bond acceptors (Lipinski definition) is 2. The highest BCUT2D eigenvalue weighted by molar-refractivity contribution is 9.10. The van der Waals surface area contributed by atoms with Gasteiger partial charge in [0.2, 0.25) is 5.91 Å². The summed E-state index contributed by atoms with van der Waals surface area (Å²) in [5.74, 6) is 1.17. The SMILES string of the molecule is C=CCn1c([C@H]2CC(=O)N(c3ccccc3Br)C2)nc2ccccc21. The van der Waals surface area contributed by atoms with Gasteiger partial charge in [0, 0.05) is 29.9 Å². The van der Waals surface area contributed by atoms with Gasteiger partial charge in [0.25, 0.3) is 0 Å². The van der Waals surface area contributed by atoms with Crippen molar-refractivity contribution in [2.45, 2.75) is 18.9 Å². The zero-order valence-electron chi connectivity index (χ0n) is 13.7. The molecule has 25 heavy (non-hydrogen) atoms. The summed E-state index contributed by atoms with van der Waals surface area (Å²) in [6.07, 6.45) is 2.35. The third-order valence-corrected chi connectivity index (χ3v) is 5.30. The molecule has 0 saturated carbocycles. The smallest absolute Gasteiger partial charge is 0.227 e. The Hall–Kier alpha value is -2.40. The van der Waals surface area contributed by atoms with Gasteiger partial charge in [-0.05, 0) is 40.2 Å². The number of nitrogens with zero attached hydrogens (tertiary/aromatic N) is 3. The van der Waals surface area contributed by atoms with Crippen molar-refractivity contribution in [2.24, 2.45) is 0 Å². The van der Waals surface area contributed by atoms with Crippen LogP contribution in [0.4, 0.5) is 5.69 Å². The van der Waals surface area contributed by atoms with Crippen molar-refractivity contribution in [1.82, 2.24) is 9.55 Å². The molecule has 5 heteroatoms. The monoisotopic (exact) mass is 395 g/mol. The molecular weight excluding hydrogens is 378 g/mol. The third-order valence-electron chi connectivity index (χ3n) is 4.63. The Morgan fingerprint density at radius 2 is 1.96 bits per heavy atom. The van der Waals surface area contributed by atoms with Gasteiger partial charge in [0.1, 0.15) is 5.82 Å². The lowest BCUT2D eigenvalue weighted by Gasteiger charge is -2.18. The van der Waals surface area contributed by atoms with Gasteiger partial charge in [0.15, 0.2) is 0 Å². The van der Waals surface area contributed by atoms with Crippen molar-refractivity contribution >= 4 is 38.6 Å². The fourth-order valence-electron chi connectivity index (χ4n) is 3.51. The van der Waals surface area contributed by atoms with E-state index >= 15 is 0 Å². The second-order valence-electron chi connectivity index (χ2n) is 6.21. The zero-order valence-corrected chi connectivity index (χ0v) is 15.3. The summed E-state index contributed by atoms with van der Waals surface area (Å²) in [5.41, 5.74) is 2.97. The fraction of sp³-hybridized carbons (Fsp3) is 0.200. The van der Waals surface area contributed by atoms with Gasteiger partial charge in [-0.2, -0.15) is 0 Å². The summed E-state index contributed by atoms with van der Waals surface area (Å²) in [6.45, 7) is 5.20. The number of fused-ring (bicyclic) bond motifs is 1. The van der Waals surface area contributed by atoms with Crippen LogP contribution in [0.25, 0.3) is 11.0 Å². The van der Waals surface area contributed by atoms with Gasteiger partial charge in [-0.15, -0.1) is 6.58 Å². The van der Waals surface area contributed by atoms with Crippen LogP contribution >= 0.6 is 15.9 Å². The molecule has 1 aliphatic heterocycles. The van der Waals surface area contributed by atoms with Crippen molar-refractivity contribution in [3.05, 3.63) is 71.5 Å². The Balaban J connectivity index is 1.73. The van der Waals surface area contributed by atoms with Crippen LogP contribution in [0.2, 0.25) is 0 Å². The van der Waals surface area contributed by atoms with Crippen LogP contribution in [-0.4, -0.2) is 22.0 Å².